The van der Waals surface area contributed by atoms with Crippen molar-refractivity contribution in [2.45, 2.75) is 80.7 Å². The monoisotopic (exact) mass is 514 g/mol. The van der Waals surface area contributed by atoms with Crippen molar-refractivity contribution in [3.05, 3.63) is 0 Å². The predicted octanol–water partition coefficient (Wildman–Crippen LogP) is 1.28. The lowest BCUT2D eigenvalue weighted by Crippen LogP contribution is -2.62. The van der Waals surface area contributed by atoms with Crippen molar-refractivity contribution in [3.63, 3.8) is 0 Å². The highest BCUT2D eigenvalue weighted by molar-refractivity contribution is 7.90. The average molecular weight is 515 g/mol. The fourth-order valence-corrected chi connectivity index (χ4v) is 8.67. The van der Waals surface area contributed by atoms with Gasteiger partial charge in [-0.3, -0.25) is 5.43 Å². The molecule has 0 spiro atoms. The van der Waals surface area contributed by atoms with Gasteiger partial charge in [0.25, 0.3) is 0 Å². The van der Waals surface area contributed by atoms with Gasteiger partial charge < -0.3 is 15.1 Å². The Morgan fingerprint density at radius 3 is 2.66 bits per heavy atom. The summed E-state index contributed by atoms with van der Waals surface area (Å²) in [5.74, 6) is 0.487. The van der Waals surface area contributed by atoms with E-state index in [1.165, 1.54) is 12.8 Å². The van der Waals surface area contributed by atoms with Gasteiger partial charge in [-0.15, -0.1) is 0 Å². The quantitative estimate of drug-likeness (QED) is 0.429. The number of hydrogen-bond acceptors (Lipinski definition) is 6. The van der Waals surface area contributed by atoms with Crippen molar-refractivity contribution < 1.29 is 17.6 Å². The Balaban J connectivity index is 1.28. The highest BCUT2D eigenvalue weighted by Crippen LogP contribution is 2.40. The van der Waals surface area contributed by atoms with Crippen molar-refractivity contribution in [2.24, 2.45) is 11.8 Å². The minimum absolute atomic E-state index is 0.0919. The Hall–Kier alpha value is -1.01. The van der Waals surface area contributed by atoms with Gasteiger partial charge in [-0.25, -0.2) is 27.3 Å². The molecular formula is C24H43FN6O3S. The molecule has 5 fully saturated rings. The molecule has 0 aromatic carbocycles. The SMILES string of the molecule is CN1CC(CN2CC3CC(S(=O)(=O)NC4(CF)CC4)CCC3N(CCC3CCCCN3)C2=O)CN1. The van der Waals surface area contributed by atoms with Gasteiger partial charge in [-0.05, 0) is 63.8 Å². The van der Waals surface area contributed by atoms with Gasteiger partial charge in [0.2, 0.25) is 10.0 Å². The molecule has 11 heteroatoms. The summed E-state index contributed by atoms with van der Waals surface area (Å²) >= 11 is 0. The first kappa shape index (κ1) is 25.6. The fourth-order valence-electron chi connectivity index (χ4n) is 6.69. The van der Waals surface area contributed by atoms with E-state index in [9.17, 15) is 17.6 Å². The first-order valence-electron chi connectivity index (χ1n) is 13.6. The zero-order valence-corrected chi connectivity index (χ0v) is 21.9. The van der Waals surface area contributed by atoms with Crippen LogP contribution in [-0.4, -0.2) is 105 Å². The van der Waals surface area contributed by atoms with Crippen LogP contribution in [0.3, 0.4) is 0 Å². The Labute approximate surface area is 209 Å². The zero-order valence-electron chi connectivity index (χ0n) is 21.1. The van der Waals surface area contributed by atoms with Crippen LogP contribution in [-0.2, 0) is 10.0 Å². The third kappa shape index (κ3) is 5.79. The third-order valence-electron chi connectivity index (χ3n) is 8.96. The maximum atomic E-state index is 13.7. The number of fused-ring (bicyclic) bond motifs is 1. The number of sulfonamides is 1. The molecule has 2 aliphatic carbocycles. The smallest absolute Gasteiger partial charge is 0.320 e. The average Bonchev–Trinajstić information content (AvgIpc) is 3.49. The zero-order chi connectivity index (χ0) is 24.6. The molecule has 0 radical (unpaired) electrons. The summed E-state index contributed by atoms with van der Waals surface area (Å²) in [6.45, 7) is 4.19. The Bertz CT molecular complexity index is 865. The van der Waals surface area contributed by atoms with Crippen LogP contribution in [0.2, 0.25) is 0 Å². The lowest BCUT2D eigenvalue weighted by atomic mass is 9.81. The summed E-state index contributed by atoms with van der Waals surface area (Å²) in [6, 6.07) is 0.661. The minimum Gasteiger partial charge on any atom is -0.324 e. The fraction of sp³-hybridized carbons (Fsp3) is 0.958. The number of hydrazine groups is 1. The van der Waals surface area contributed by atoms with Crippen molar-refractivity contribution in [2.75, 3.05) is 53.0 Å². The second-order valence-corrected chi connectivity index (χ2v) is 13.7. The van der Waals surface area contributed by atoms with Gasteiger partial charge in [0.05, 0.1) is 10.8 Å². The van der Waals surface area contributed by atoms with Gasteiger partial charge in [0.15, 0.2) is 0 Å². The van der Waals surface area contributed by atoms with E-state index in [0.29, 0.717) is 57.2 Å². The van der Waals surface area contributed by atoms with Crippen LogP contribution in [0.5, 0.6) is 0 Å². The molecule has 200 valence electrons. The highest BCUT2D eigenvalue weighted by atomic mass is 32.2. The van der Waals surface area contributed by atoms with Crippen LogP contribution in [0.4, 0.5) is 9.18 Å². The van der Waals surface area contributed by atoms with Gasteiger partial charge in [0.1, 0.15) is 6.67 Å². The number of nitrogens with one attached hydrogen (secondary N) is 3. The van der Waals surface area contributed by atoms with Crippen LogP contribution in [0, 0.1) is 11.8 Å². The molecule has 0 aromatic rings. The van der Waals surface area contributed by atoms with Crippen LogP contribution in [0.25, 0.3) is 0 Å². The van der Waals surface area contributed by atoms with Crippen molar-refractivity contribution in [1.29, 1.82) is 0 Å². The first-order valence-corrected chi connectivity index (χ1v) is 15.2. The number of amides is 2. The molecule has 2 saturated carbocycles. The van der Waals surface area contributed by atoms with Gasteiger partial charge in [-0.2, -0.15) is 0 Å². The van der Waals surface area contributed by atoms with Crippen LogP contribution < -0.4 is 15.5 Å². The molecule has 3 aliphatic heterocycles. The van der Waals surface area contributed by atoms with E-state index >= 15 is 0 Å². The second kappa shape index (κ2) is 10.4. The van der Waals surface area contributed by atoms with Crippen LogP contribution in [0.15, 0.2) is 0 Å². The lowest BCUT2D eigenvalue weighted by Gasteiger charge is -2.50. The van der Waals surface area contributed by atoms with E-state index in [0.717, 1.165) is 39.0 Å². The number of alkyl halides is 1. The number of nitrogens with zero attached hydrogens (tertiary/aromatic N) is 3. The number of carbonyl (C=O) groups excluding carboxylic acids is 1. The summed E-state index contributed by atoms with van der Waals surface area (Å²) in [5, 5.41) is 5.16. The largest absolute Gasteiger partial charge is 0.324 e. The van der Waals surface area contributed by atoms with E-state index in [-0.39, 0.29) is 18.0 Å². The molecule has 5 unspecified atom stereocenters. The minimum atomic E-state index is -3.59. The molecule has 0 aromatic heterocycles. The lowest BCUT2D eigenvalue weighted by molar-refractivity contribution is 0.0358. The first-order chi connectivity index (χ1) is 16.8. The third-order valence-corrected chi connectivity index (χ3v) is 11.0. The molecule has 5 atom stereocenters. The topological polar surface area (TPSA) is 97.0 Å². The van der Waals surface area contributed by atoms with Crippen LogP contribution in [0.1, 0.15) is 57.8 Å². The van der Waals surface area contributed by atoms with E-state index in [1.54, 1.807) is 0 Å². The van der Waals surface area contributed by atoms with Crippen molar-refractivity contribution >= 4 is 16.1 Å². The number of urea groups is 1. The molecule has 3 heterocycles. The van der Waals surface area contributed by atoms with Gasteiger partial charge in [0, 0.05) is 57.8 Å². The number of piperidine rings is 1. The maximum absolute atomic E-state index is 13.7. The molecule has 2 amide bonds. The maximum Gasteiger partial charge on any atom is 0.320 e. The molecule has 5 aliphatic rings. The van der Waals surface area contributed by atoms with E-state index in [4.69, 9.17) is 0 Å². The van der Waals surface area contributed by atoms with Crippen molar-refractivity contribution in [3.8, 4) is 0 Å². The van der Waals surface area contributed by atoms with Gasteiger partial charge in [-0.1, -0.05) is 6.42 Å². The Morgan fingerprint density at radius 2 is 2.00 bits per heavy atom. The molecule has 3 saturated heterocycles. The number of halogens is 1. The molecule has 0 bridgehead atoms. The highest BCUT2D eigenvalue weighted by Gasteiger charge is 2.50. The molecule has 35 heavy (non-hydrogen) atoms. The standard InChI is InChI=1S/C24H43FN6O3S/c1-29-14-18(13-27-29)15-30-16-19-12-21(35(33,34)28-24(17-25)8-9-24)5-6-22(19)31(23(30)32)11-7-20-4-2-3-10-26-20/h18-22,26-28H,2-17H2,1H3. The molecule has 5 rings (SSSR count). The number of rotatable bonds is 9. The summed E-state index contributed by atoms with van der Waals surface area (Å²) in [4.78, 5) is 17.7. The molecule has 3 N–H and O–H groups in total. The normalized spacial score (nSPS) is 35.8. The van der Waals surface area contributed by atoms with E-state index < -0.39 is 27.5 Å². The molecular weight excluding hydrogens is 471 g/mol. The van der Waals surface area contributed by atoms with Gasteiger partial charge >= 0.3 is 6.03 Å². The summed E-state index contributed by atoms with van der Waals surface area (Å²) in [5.41, 5.74) is 2.47. The van der Waals surface area contributed by atoms with E-state index in [2.05, 4.69) is 25.4 Å². The summed E-state index contributed by atoms with van der Waals surface area (Å²) < 4.78 is 42.4. The number of hydrogen-bond donors (Lipinski definition) is 3. The predicted molar refractivity (Wildman–Crippen MR) is 133 cm³/mol. The summed E-state index contributed by atoms with van der Waals surface area (Å²) in [6.07, 6.45) is 7.47. The van der Waals surface area contributed by atoms with E-state index in [1.807, 2.05) is 11.9 Å². The van der Waals surface area contributed by atoms with Crippen molar-refractivity contribution in [1.82, 2.24) is 30.3 Å². The second-order valence-electron chi connectivity index (χ2n) is 11.7. The van der Waals surface area contributed by atoms with Crippen LogP contribution >= 0.6 is 0 Å². The number of carbonyl (C=O) groups is 1. The molecule has 9 nitrogen and oxygen atoms in total. The summed E-state index contributed by atoms with van der Waals surface area (Å²) in [7, 11) is -1.57. The Morgan fingerprint density at radius 1 is 1.17 bits per heavy atom. The Kier molecular flexibility index (Phi) is 7.61.